The zero-order valence-corrected chi connectivity index (χ0v) is 14.1. The van der Waals surface area contributed by atoms with E-state index in [4.69, 9.17) is 0 Å². The molecule has 0 aliphatic heterocycles. The SMILES string of the molecule is C[S@](=O)c1ccc(NC(=O)c2cccc(NC(=O)C3CC3)c2)cc1. The molecule has 2 aromatic carbocycles. The zero-order valence-electron chi connectivity index (χ0n) is 13.2. The van der Waals surface area contributed by atoms with Crippen molar-refractivity contribution in [1.29, 1.82) is 0 Å². The van der Waals surface area contributed by atoms with Crippen LogP contribution in [0.2, 0.25) is 0 Å². The highest BCUT2D eigenvalue weighted by Crippen LogP contribution is 2.30. The van der Waals surface area contributed by atoms with E-state index < -0.39 is 10.8 Å². The molecule has 2 N–H and O–H groups in total. The average Bonchev–Trinajstić information content (AvgIpc) is 3.40. The second-order valence-corrected chi connectivity index (χ2v) is 7.16. The van der Waals surface area contributed by atoms with E-state index in [0.29, 0.717) is 21.8 Å². The van der Waals surface area contributed by atoms with Crippen LogP contribution in [0.4, 0.5) is 11.4 Å². The van der Waals surface area contributed by atoms with Crippen molar-refractivity contribution in [2.24, 2.45) is 5.92 Å². The summed E-state index contributed by atoms with van der Waals surface area (Å²) in [5.74, 6) is -0.135. The quantitative estimate of drug-likeness (QED) is 0.877. The van der Waals surface area contributed by atoms with Crippen LogP contribution >= 0.6 is 0 Å². The fourth-order valence-corrected chi connectivity index (χ4v) is 2.78. The highest BCUT2D eigenvalue weighted by atomic mass is 32.2. The van der Waals surface area contributed by atoms with Gasteiger partial charge in [0.05, 0.1) is 0 Å². The van der Waals surface area contributed by atoms with Gasteiger partial charge in [-0.3, -0.25) is 13.8 Å². The van der Waals surface area contributed by atoms with Crippen molar-refractivity contribution in [3.63, 3.8) is 0 Å². The Kier molecular flexibility index (Phi) is 4.76. The zero-order chi connectivity index (χ0) is 17.1. The van der Waals surface area contributed by atoms with Gasteiger partial charge >= 0.3 is 0 Å². The van der Waals surface area contributed by atoms with Crippen LogP contribution < -0.4 is 10.6 Å². The van der Waals surface area contributed by atoms with Gasteiger partial charge in [0.15, 0.2) is 0 Å². The highest BCUT2D eigenvalue weighted by molar-refractivity contribution is 7.84. The van der Waals surface area contributed by atoms with Gasteiger partial charge in [-0.25, -0.2) is 0 Å². The Balaban J connectivity index is 1.67. The molecular formula is C18H18N2O3S. The minimum atomic E-state index is -1.05. The number of nitrogens with one attached hydrogen (secondary N) is 2. The number of anilines is 2. The van der Waals surface area contributed by atoms with Crippen LogP contribution in [-0.2, 0) is 15.6 Å². The predicted molar refractivity (Wildman–Crippen MR) is 94.5 cm³/mol. The molecule has 0 unspecified atom stereocenters. The number of hydrogen-bond donors (Lipinski definition) is 2. The van der Waals surface area contributed by atoms with Gasteiger partial charge in [-0.2, -0.15) is 0 Å². The molecule has 3 rings (SSSR count). The molecular weight excluding hydrogens is 324 g/mol. The first-order chi connectivity index (χ1) is 11.5. The van der Waals surface area contributed by atoms with Gasteiger partial charge in [-0.05, 0) is 55.3 Å². The van der Waals surface area contributed by atoms with Gasteiger partial charge in [0.2, 0.25) is 5.91 Å². The molecule has 124 valence electrons. The highest BCUT2D eigenvalue weighted by Gasteiger charge is 2.29. The van der Waals surface area contributed by atoms with Crippen molar-refractivity contribution < 1.29 is 13.8 Å². The van der Waals surface area contributed by atoms with Crippen molar-refractivity contribution in [2.45, 2.75) is 17.7 Å². The van der Waals surface area contributed by atoms with Crippen molar-refractivity contribution >= 4 is 34.0 Å². The second-order valence-electron chi connectivity index (χ2n) is 5.78. The van der Waals surface area contributed by atoms with E-state index in [1.807, 2.05) is 0 Å². The normalized spacial score (nSPS) is 14.7. The molecule has 0 bridgehead atoms. The van der Waals surface area contributed by atoms with Gasteiger partial charge in [0, 0.05) is 44.8 Å². The van der Waals surface area contributed by atoms with Crippen molar-refractivity contribution in [3.05, 3.63) is 54.1 Å². The fourth-order valence-electron chi connectivity index (χ4n) is 2.26. The van der Waals surface area contributed by atoms with Gasteiger partial charge in [0.1, 0.15) is 0 Å². The summed E-state index contributed by atoms with van der Waals surface area (Å²) in [6, 6.07) is 13.7. The maximum Gasteiger partial charge on any atom is 0.255 e. The predicted octanol–water partition coefficient (Wildman–Crippen LogP) is 3.02. The van der Waals surface area contributed by atoms with Gasteiger partial charge in [-0.1, -0.05) is 6.07 Å². The van der Waals surface area contributed by atoms with Crippen LogP contribution in [0, 0.1) is 5.92 Å². The van der Waals surface area contributed by atoms with Crippen molar-refractivity contribution in [2.75, 3.05) is 16.9 Å². The third-order valence-electron chi connectivity index (χ3n) is 3.78. The Hall–Kier alpha value is -2.47. The maximum atomic E-state index is 12.3. The Morgan fingerprint density at radius 2 is 1.71 bits per heavy atom. The van der Waals surface area contributed by atoms with E-state index in [-0.39, 0.29) is 17.7 Å². The molecule has 0 saturated heterocycles. The van der Waals surface area contributed by atoms with E-state index in [9.17, 15) is 13.8 Å². The van der Waals surface area contributed by atoms with Gasteiger partial charge in [-0.15, -0.1) is 0 Å². The molecule has 24 heavy (non-hydrogen) atoms. The van der Waals surface area contributed by atoms with Crippen LogP contribution in [-0.4, -0.2) is 22.3 Å². The molecule has 6 heteroatoms. The van der Waals surface area contributed by atoms with Crippen molar-refractivity contribution in [1.82, 2.24) is 0 Å². The Bertz CT molecular complexity index is 798. The van der Waals surface area contributed by atoms with Crippen LogP contribution in [0.25, 0.3) is 0 Å². The lowest BCUT2D eigenvalue weighted by Gasteiger charge is -2.08. The largest absolute Gasteiger partial charge is 0.326 e. The topological polar surface area (TPSA) is 75.3 Å². The molecule has 2 amide bonds. The lowest BCUT2D eigenvalue weighted by Crippen LogP contribution is -2.15. The lowest BCUT2D eigenvalue weighted by molar-refractivity contribution is -0.117. The molecule has 5 nitrogen and oxygen atoms in total. The Morgan fingerprint density at radius 3 is 2.33 bits per heavy atom. The number of benzene rings is 2. The summed E-state index contributed by atoms with van der Waals surface area (Å²) in [5, 5.41) is 5.62. The summed E-state index contributed by atoms with van der Waals surface area (Å²) in [7, 11) is -1.05. The first kappa shape index (κ1) is 16.4. The molecule has 1 saturated carbocycles. The summed E-state index contributed by atoms with van der Waals surface area (Å²) < 4.78 is 11.4. The number of hydrogen-bond acceptors (Lipinski definition) is 3. The average molecular weight is 342 g/mol. The van der Waals surface area contributed by atoms with E-state index in [1.165, 1.54) is 0 Å². The third kappa shape index (κ3) is 4.08. The number of carbonyl (C=O) groups excluding carboxylic acids is 2. The smallest absolute Gasteiger partial charge is 0.255 e. The van der Waals surface area contributed by atoms with E-state index in [0.717, 1.165) is 12.8 Å². The molecule has 0 aromatic heterocycles. The third-order valence-corrected chi connectivity index (χ3v) is 4.72. The molecule has 0 heterocycles. The molecule has 1 atom stereocenters. The Labute approximate surface area is 142 Å². The molecule has 1 aliphatic rings. The van der Waals surface area contributed by atoms with Gasteiger partial charge in [0.25, 0.3) is 5.91 Å². The van der Waals surface area contributed by atoms with Crippen molar-refractivity contribution in [3.8, 4) is 0 Å². The first-order valence-electron chi connectivity index (χ1n) is 7.69. The summed E-state index contributed by atoms with van der Waals surface area (Å²) in [6.07, 6.45) is 3.48. The maximum absolute atomic E-state index is 12.3. The number of amides is 2. The number of carbonyl (C=O) groups is 2. The standard InChI is InChI=1S/C18H18N2O3S/c1-24(23)16-9-7-14(8-10-16)19-18(22)13-3-2-4-15(11-13)20-17(21)12-5-6-12/h2-4,7-12H,5-6H2,1H3,(H,19,22)(H,20,21)/t24-/m0/s1. The van der Waals surface area contributed by atoms with Crippen LogP contribution in [0.3, 0.4) is 0 Å². The summed E-state index contributed by atoms with van der Waals surface area (Å²) in [4.78, 5) is 24.8. The minimum Gasteiger partial charge on any atom is -0.326 e. The Morgan fingerprint density at radius 1 is 1.00 bits per heavy atom. The molecule has 2 aromatic rings. The van der Waals surface area contributed by atoms with Crippen LogP contribution in [0.5, 0.6) is 0 Å². The number of rotatable bonds is 5. The monoisotopic (exact) mass is 342 g/mol. The molecule has 0 spiro atoms. The summed E-state index contributed by atoms with van der Waals surface area (Å²) in [5.41, 5.74) is 1.71. The minimum absolute atomic E-state index is 0.00992. The van der Waals surface area contributed by atoms with Crippen LogP contribution in [0.1, 0.15) is 23.2 Å². The summed E-state index contributed by atoms with van der Waals surface area (Å²) >= 11 is 0. The second kappa shape index (κ2) is 6.97. The van der Waals surface area contributed by atoms with E-state index in [2.05, 4.69) is 10.6 Å². The van der Waals surface area contributed by atoms with Crippen LogP contribution in [0.15, 0.2) is 53.4 Å². The van der Waals surface area contributed by atoms with E-state index >= 15 is 0 Å². The first-order valence-corrected chi connectivity index (χ1v) is 9.24. The van der Waals surface area contributed by atoms with E-state index in [1.54, 1.807) is 54.8 Å². The molecule has 1 aliphatic carbocycles. The summed E-state index contributed by atoms with van der Waals surface area (Å²) in [6.45, 7) is 0. The molecule has 1 fully saturated rings. The fraction of sp³-hybridized carbons (Fsp3) is 0.222. The van der Waals surface area contributed by atoms with Gasteiger partial charge < -0.3 is 10.6 Å². The lowest BCUT2D eigenvalue weighted by atomic mass is 10.1. The molecule has 0 radical (unpaired) electrons.